The molecule has 0 atom stereocenters. The van der Waals surface area contributed by atoms with Crippen LogP contribution in [0.15, 0.2) is 42.7 Å². The number of amides is 2. The molecular formula is C19H25N5O2. The Balaban J connectivity index is 1.49. The van der Waals surface area contributed by atoms with Crippen LogP contribution in [0.4, 0.5) is 10.7 Å². The van der Waals surface area contributed by atoms with Crippen molar-refractivity contribution in [1.82, 2.24) is 20.2 Å². The van der Waals surface area contributed by atoms with Crippen LogP contribution in [-0.4, -0.2) is 53.7 Å². The third-order valence-corrected chi connectivity index (χ3v) is 4.41. The molecule has 0 spiro atoms. The largest absolute Gasteiger partial charge is 0.377 e. The number of hydrogen-bond donors (Lipinski definition) is 1. The molecule has 1 fully saturated rings. The zero-order chi connectivity index (χ0) is 18.2. The van der Waals surface area contributed by atoms with E-state index in [0.29, 0.717) is 32.8 Å². The molecule has 26 heavy (non-hydrogen) atoms. The Labute approximate surface area is 154 Å². The first-order chi connectivity index (χ1) is 12.8. The zero-order valence-corrected chi connectivity index (χ0v) is 15.1. The predicted molar refractivity (Wildman–Crippen MR) is 99.8 cm³/mol. The quantitative estimate of drug-likeness (QED) is 0.859. The topological polar surface area (TPSA) is 70.6 Å². The molecule has 0 aliphatic carbocycles. The van der Waals surface area contributed by atoms with Gasteiger partial charge in [-0.3, -0.25) is 0 Å². The number of piperazine rings is 1. The number of carbonyl (C=O) groups excluding carboxylic acids is 1. The second-order valence-electron chi connectivity index (χ2n) is 6.09. The first-order valence-corrected chi connectivity index (χ1v) is 8.97. The molecule has 1 aliphatic rings. The molecule has 1 aromatic carbocycles. The lowest BCUT2D eigenvalue weighted by Crippen LogP contribution is -2.52. The van der Waals surface area contributed by atoms with Crippen LogP contribution in [0.2, 0.25) is 0 Å². The Kier molecular flexibility index (Phi) is 6.38. The summed E-state index contributed by atoms with van der Waals surface area (Å²) >= 11 is 0. The average molecular weight is 355 g/mol. The maximum atomic E-state index is 12.5. The van der Waals surface area contributed by atoms with E-state index in [1.165, 1.54) is 0 Å². The number of rotatable bonds is 6. The molecule has 7 heteroatoms. The van der Waals surface area contributed by atoms with Gasteiger partial charge in [0.15, 0.2) is 0 Å². The number of aromatic nitrogens is 2. The van der Waals surface area contributed by atoms with Crippen LogP contribution in [0.3, 0.4) is 0 Å². The SMILES string of the molecule is CCOCc1ccccc1CNC(=O)N1CCN(c2ncccn2)CC1. The molecular weight excluding hydrogens is 330 g/mol. The number of anilines is 1. The smallest absolute Gasteiger partial charge is 0.317 e. The highest BCUT2D eigenvalue weighted by Gasteiger charge is 2.22. The van der Waals surface area contributed by atoms with Gasteiger partial charge in [-0.1, -0.05) is 24.3 Å². The lowest BCUT2D eigenvalue weighted by atomic mass is 10.1. The number of nitrogens with zero attached hydrogens (tertiary/aromatic N) is 4. The monoisotopic (exact) mass is 355 g/mol. The van der Waals surface area contributed by atoms with Crippen molar-refractivity contribution in [3.05, 3.63) is 53.9 Å². The highest BCUT2D eigenvalue weighted by molar-refractivity contribution is 5.74. The van der Waals surface area contributed by atoms with E-state index in [4.69, 9.17) is 4.74 Å². The maximum absolute atomic E-state index is 12.5. The Hall–Kier alpha value is -2.67. The number of ether oxygens (including phenoxy) is 1. The van der Waals surface area contributed by atoms with Crippen molar-refractivity contribution in [1.29, 1.82) is 0 Å². The van der Waals surface area contributed by atoms with Gasteiger partial charge < -0.3 is 19.9 Å². The van der Waals surface area contributed by atoms with Crippen molar-refractivity contribution in [3.8, 4) is 0 Å². The second-order valence-corrected chi connectivity index (χ2v) is 6.09. The standard InChI is InChI=1S/C19H25N5O2/c1-2-26-15-17-7-4-3-6-16(17)14-22-19(25)24-12-10-23(11-13-24)18-20-8-5-9-21-18/h3-9H,2,10-15H2,1H3,(H,22,25). The molecule has 0 radical (unpaired) electrons. The highest BCUT2D eigenvalue weighted by Crippen LogP contribution is 2.12. The van der Waals surface area contributed by atoms with Gasteiger partial charge in [-0.05, 0) is 24.1 Å². The molecule has 1 N–H and O–H groups in total. The van der Waals surface area contributed by atoms with E-state index in [1.807, 2.05) is 36.1 Å². The summed E-state index contributed by atoms with van der Waals surface area (Å²) in [7, 11) is 0. The molecule has 2 aromatic rings. The Morgan fingerprint density at radius 3 is 2.46 bits per heavy atom. The summed E-state index contributed by atoms with van der Waals surface area (Å²) in [4.78, 5) is 24.9. The Morgan fingerprint density at radius 2 is 1.77 bits per heavy atom. The average Bonchev–Trinajstić information content (AvgIpc) is 2.72. The summed E-state index contributed by atoms with van der Waals surface area (Å²) in [6.07, 6.45) is 3.47. The van der Waals surface area contributed by atoms with Crippen molar-refractivity contribution in [2.45, 2.75) is 20.1 Å². The van der Waals surface area contributed by atoms with Crippen molar-refractivity contribution in [2.75, 3.05) is 37.7 Å². The molecule has 2 amide bonds. The van der Waals surface area contributed by atoms with Crippen LogP contribution in [0.5, 0.6) is 0 Å². The molecule has 0 unspecified atom stereocenters. The summed E-state index contributed by atoms with van der Waals surface area (Å²) in [6.45, 7) is 6.51. The van der Waals surface area contributed by atoms with Gasteiger partial charge in [0.2, 0.25) is 5.95 Å². The minimum atomic E-state index is -0.0372. The van der Waals surface area contributed by atoms with E-state index in [2.05, 4.69) is 20.2 Å². The summed E-state index contributed by atoms with van der Waals surface area (Å²) in [6, 6.07) is 9.80. The van der Waals surface area contributed by atoms with Crippen LogP contribution in [0.25, 0.3) is 0 Å². The molecule has 0 saturated carbocycles. The van der Waals surface area contributed by atoms with Gasteiger partial charge in [-0.2, -0.15) is 0 Å². The number of carbonyl (C=O) groups is 1. The fourth-order valence-corrected chi connectivity index (χ4v) is 2.93. The number of benzene rings is 1. The highest BCUT2D eigenvalue weighted by atomic mass is 16.5. The van der Waals surface area contributed by atoms with Crippen molar-refractivity contribution < 1.29 is 9.53 Å². The van der Waals surface area contributed by atoms with Gasteiger partial charge >= 0.3 is 6.03 Å². The van der Waals surface area contributed by atoms with E-state index in [9.17, 15) is 4.79 Å². The first kappa shape index (κ1) is 18.1. The predicted octanol–water partition coefficient (Wildman–Crippen LogP) is 2.04. The van der Waals surface area contributed by atoms with Crippen molar-refractivity contribution in [3.63, 3.8) is 0 Å². The van der Waals surface area contributed by atoms with Crippen LogP contribution in [0, 0.1) is 0 Å². The minimum Gasteiger partial charge on any atom is -0.377 e. The molecule has 1 aliphatic heterocycles. The van der Waals surface area contributed by atoms with Crippen LogP contribution < -0.4 is 10.2 Å². The van der Waals surface area contributed by atoms with E-state index in [-0.39, 0.29) is 6.03 Å². The van der Waals surface area contributed by atoms with Gasteiger partial charge in [0.25, 0.3) is 0 Å². The zero-order valence-electron chi connectivity index (χ0n) is 15.1. The third-order valence-electron chi connectivity index (χ3n) is 4.41. The van der Waals surface area contributed by atoms with E-state index < -0.39 is 0 Å². The van der Waals surface area contributed by atoms with Gasteiger partial charge in [-0.25, -0.2) is 14.8 Å². The normalized spacial score (nSPS) is 14.3. The number of urea groups is 1. The van der Waals surface area contributed by atoms with Gasteiger partial charge in [0.05, 0.1) is 6.61 Å². The van der Waals surface area contributed by atoms with Crippen LogP contribution in [0.1, 0.15) is 18.1 Å². The maximum Gasteiger partial charge on any atom is 0.317 e. The summed E-state index contributed by atoms with van der Waals surface area (Å²) in [5.74, 6) is 0.720. The Morgan fingerprint density at radius 1 is 1.08 bits per heavy atom. The first-order valence-electron chi connectivity index (χ1n) is 8.97. The van der Waals surface area contributed by atoms with E-state index in [0.717, 1.165) is 30.2 Å². The van der Waals surface area contributed by atoms with Crippen LogP contribution in [-0.2, 0) is 17.9 Å². The van der Waals surface area contributed by atoms with Crippen LogP contribution >= 0.6 is 0 Å². The van der Waals surface area contributed by atoms with Gasteiger partial charge in [0, 0.05) is 51.7 Å². The molecule has 3 rings (SSSR count). The molecule has 1 aromatic heterocycles. The number of hydrogen-bond acceptors (Lipinski definition) is 5. The lowest BCUT2D eigenvalue weighted by Gasteiger charge is -2.34. The van der Waals surface area contributed by atoms with Crippen molar-refractivity contribution in [2.24, 2.45) is 0 Å². The summed E-state index contributed by atoms with van der Waals surface area (Å²) in [5, 5.41) is 3.02. The lowest BCUT2D eigenvalue weighted by molar-refractivity contribution is 0.133. The third kappa shape index (κ3) is 4.70. The second kappa shape index (κ2) is 9.15. The summed E-state index contributed by atoms with van der Waals surface area (Å²) in [5.41, 5.74) is 2.20. The fraction of sp³-hybridized carbons (Fsp3) is 0.421. The minimum absolute atomic E-state index is 0.0372. The number of nitrogens with one attached hydrogen (secondary N) is 1. The molecule has 1 saturated heterocycles. The molecule has 0 bridgehead atoms. The van der Waals surface area contributed by atoms with Crippen molar-refractivity contribution >= 4 is 12.0 Å². The molecule has 138 valence electrons. The Bertz CT molecular complexity index is 702. The van der Waals surface area contributed by atoms with E-state index in [1.54, 1.807) is 18.5 Å². The van der Waals surface area contributed by atoms with Gasteiger partial charge in [0.1, 0.15) is 0 Å². The molecule has 7 nitrogen and oxygen atoms in total. The fourth-order valence-electron chi connectivity index (χ4n) is 2.93. The van der Waals surface area contributed by atoms with E-state index >= 15 is 0 Å². The summed E-state index contributed by atoms with van der Waals surface area (Å²) < 4.78 is 5.50. The molecule has 2 heterocycles. The van der Waals surface area contributed by atoms with Gasteiger partial charge in [-0.15, -0.1) is 0 Å².